The lowest BCUT2D eigenvalue weighted by Gasteiger charge is -2.25. The highest BCUT2D eigenvalue weighted by Gasteiger charge is 2.33. The van der Waals surface area contributed by atoms with E-state index in [9.17, 15) is 26.7 Å². The van der Waals surface area contributed by atoms with Gasteiger partial charge in [-0.3, -0.25) is 4.79 Å². The molecule has 0 atom stereocenters. The van der Waals surface area contributed by atoms with Crippen LogP contribution in [-0.4, -0.2) is 54.8 Å². The number of amidine groups is 1. The molecule has 1 fully saturated rings. The zero-order chi connectivity index (χ0) is 27.0. The van der Waals surface area contributed by atoms with Crippen LogP contribution in [0.15, 0.2) is 59.6 Å². The lowest BCUT2D eigenvalue weighted by atomic mass is 10.1. The molecule has 2 aliphatic heterocycles. The Morgan fingerprint density at radius 2 is 1.66 bits per heavy atom. The first-order valence-corrected chi connectivity index (χ1v) is 11.8. The minimum Gasteiger partial charge on any atom is -0.497 e. The van der Waals surface area contributed by atoms with E-state index in [1.54, 1.807) is 18.2 Å². The van der Waals surface area contributed by atoms with Gasteiger partial charge in [-0.15, -0.1) is 0 Å². The van der Waals surface area contributed by atoms with E-state index < -0.39 is 29.3 Å². The van der Waals surface area contributed by atoms with Crippen LogP contribution in [0.2, 0.25) is 0 Å². The van der Waals surface area contributed by atoms with Gasteiger partial charge in [0.05, 0.1) is 18.2 Å². The number of halogens is 5. The molecule has 0 unspecified atom stereocenters. The fraction of sp³-hybridized carbons (Fsp3) is 0.259. The van der Waals surface area contributed by atoms with Crippen LogP contribution >= 0.6 is 0 Å². The largest absolute Gasteiger partial charge is 0.497 e. The zero-order valence-electron chi connectivity index (χ0n) is 20.2. The van der Waals surface area contributed by atoms with Crippen molar-refractivity contribution in [2.45, 2.75) is 12.6 Å². The average Bonchev–Trinajstić information content (AvgIpc) is 3.21. The third-order valence-corrected chi connectivity index (χ3v) is 6.35. The van der Waals surface area contributed by atoms with Crippen LogP contribution in [0.5, 0.6) is 17.2 Å². The third kappa shape index (κ3) is 5.13. The Morgan fingerprint density at radius 1 is 0.921 bits per heavy atom. The zero-order valence-corrected chi connectivity index (χ0v) is 20.2. The smallest absolute Gasteiger partial charge is 0.416 e. The molecule has 38 heavy (non-hydrogen) atoms. The van der Waals surface area contributed by atoms with Crippen molar-refractivity contribution in [3.8, 4) is 17.2 Å². The van der Waals surface area contributed by atoms with E-state index >= 15 is 0 Å². The summed E-state index contributed by atoms with van der Waals surface area (Å²) in [6.07, 6.45) is -4.08. The van der Waals surface area contributed by atoms with Gasteiger partial charge in [0.2, 0.25) is 0 Å². The minimum absolute atomic E-state index is 0.0115. The summed E-state index contributed by atoms with van der Waals surface area (Å²) in [4.78, 5) is 20.9. The van der Waals surface area contributed by atoms with Gasteiger partial charge in [0.1, 0.15) is 34.7 Å². The number of hydrogen-bond acceptors (Lipinski definition) is 5. The van der Waals surface area contributed by atoms with Crippen LogP contribution in [0.3, 0.4) is 0 Å². The number of hydrogen-bond donors (Lipinski definition) is 0. The van der Waals surface area contributed by atoms with Crippen LogP contribution in [0.25, 0.3) is 0 Å². The average molecular weight is 531 g/mol. The van der Waals surface area contributed by atoms with Gasteiger partial charge >= 0.3 is 6.18 Å². The predicted molar refractivity (Wildman–Crippen MR) is 129 cm³/mol. The van der Waals surface area contributed by atoms with Crippen molar-refractivity contribution in [1.82, 2.24) is 9.80 Å². The van der Waals surface area contributed by atoms with E-state index in [4.69, 9.17) is 9.47 Å². The molecule has 0 aliphatic carbocycles. The molecule has 6 nitrogen and oxygen atoms in total. The van der Waals surface area contributed by atoms with Crippen LogP contribution in [0.4, 0.5) is 27.6 Å². The number of alkyl halides is 3. The molecule has 0 bridgehead atoms. The molecule has 0 N–H and O–H groups in total. The first kappa shape index (κ1) is 25.5. The standard InChI is InChI=1S/C27H22F5N3O3/c1-37-20-4-6-23-21(15-20)25(33-22-13-17(27(30,31)32)3-5-24(22)38-23)34-7-2-8-35(10-9-34)26(36)16-11-18(28)14-19(29)12-16/h3-6,11-15H,2,7-10H2,1H3. The van der Waals surface area contributed by atoms with Crippen LogP contribution in [0, 0.1) is 11.6 Å². The van der Waals surface area contributed by atoms with Crippen molar-refractivity contribution in [2.24, 2.45) is 4.99 Å². The number of methoxy groups -OCH3 is 1. The summed E-state index contributed by atoms with van der Waals surface area (Å²) >= 11 is 0. The second kappa shape index (κ2) is 9.96. The molecule has 2 aliphatic rings. The third-order valence-electron chi connectivity index (χ3n) is 6.35. The Morgan fingerprint density at radius 3 is 2.37 bits per heavy atom. The lowest BCUT2D eigenvalue weighted by Crippen LogP contribution is -2.37. The molecule has 3 aromatic carbocycles. The molecule has 0 aromatic heterocycles. The monoisotopic (exact) mass is 531 g/mol. The highest BCUT2D eigenvalue weighted by atomic mass is 19.4. The molecule has 0 spiro atoms. The maximum Gasteiger partial charge on any atom is 0.416 e. The topological polar surface area (TPSA) is 54.4 Å². The molecule has 11 heteroatoms. The van der Waals surface area contributed by atoms with Crippen molar-refractivity contribution in [3.05, 3.63) is 82.9 Å². The summed E-state index contributed by atoms with van der Waals surface area (Å²) in [5, 5.41) is 0. The van der Waals surface area contributed by atoms with Crippen LogP contribution in [-0.2, 0) is 6.18 Å². The fourth-order valence-electron chi connectivity index (χ4n) is 4.49. The Kier molecular flexibility index (Phi) is 6.68. The van der Waals surface area contributed by atoms with Gasteiger partial charge in [0.15, 0.2) is 5.75 Å². The number of rotatable bonds is 2. The first-order valence-electron chi connectivity index (χ1n) is 11.8. The summed E-state index contributed by atoms with van der Waals surface area (Å²) < 4.78 is 79.0. The minimum atomic E-state index is -4.56. The van der Waals surface area contributed by atoms with Crippen LogP contribution < -0.4 is 9.47 Å². The first-order chi connectivity index (χ1) is 18.1. The predicted octanol–water partition coefficient (Wildman–Crippen LogP) is 6.02. The molecule has 2 heterocycles. The number of nitrogens with zero attached hydrogens (tertiary/aromatic N) is 3. The summed E-state index contributed by atoms with van der Waals surface area (Å²) in [6, 6.07) is 10.8. The second-order valence-corrected chi connectivity index (χ2v) is 8.87. The van der Waals surface area contributed by atoms with Gasteiger partial charge in [-0.25, -0.2) is 13.8 Å². The molecule has 1 saturated heterocycles. The van der Waals surface area contributed by atoms with Crippen molar-refractivity contribution < 1.29 is 36.2 Å². The number of carbonyl (C=O) groups is 1. The quantitative estimate of drug-likeness (QED) is 0.380. The fourth-order valence-corrected chi connectivity index (χ4v) is 4.49. The molecule has 0 saturated carbocycles. The van der Waals surface area contributed by atoms with Crippen molar-refractivity contribution in [1.29, 1.82) is 0 Å². The maximum absolute atomic E-state index is 13.7. The molecular formula is C27H22F5N3O3. The van der Waals surface area contributed by atoms with E-state index in [2.05, 4.69) is 4.99 Å². The van der Waals surface area contributed by atoms with E-state index in [1.165, 1.54) is 18.1 Å². The Bertz CT molecular complexity index is 1400. The van der Waals surface area contributed by atoms with E-state index in [1.807, 2.05) is 4.90 Å². The number of benzene rings is 3. The number of fused-ring (bicyclic) bond motifs is 2. The van der Waals surface area contributed by atoms with Crippen LogP contribution in [0.1, 0.15) is 27.9 Å². The Balaban J connectivity index is 1.50. The number of aliphatic imine (C=N–C) groups is 1. The van der Waals surface area contributed by atoms with E-state index in [-0.39, 0.29) is 30.1 Å². The van der Waals surface area contributed by atoms with Gasteiger partial charge in [0, 0.05) is 37.8 Å². The Hall–Kier alpha value is -4.15. The molecule has 5 rings (SSSR count). The van der Waals surface area contributed by atoms with Gasteiger partial charge in [-0.2, -0.15) is 13.2 Å². The van der Waals surface area contributed by atoms with Gasteiger partial charge < -0.3 is 19.3 Å². The van der Waals surface area contributed by atoms with Gasteiger partial charge in [0.25, 0.3) is 5.91 Å². The maximum atomic E-state index is 13.7. The number of carbonyl (C=O) groups excluding carboxylic acids is 1. The molecule has 198 valence electrons. The Labute approximate surface area is 214 Å². The summed E-state index contributed by atoms with van der Waals surface area (Å²) in [5.74, 6) is -0.793. The molecule has 1 amide bonds. The highest BCUT2D eigenvalue weighted by molar-refractivity contribution is 6.04. The van der Waals surface area contributed by atoms with Crippen molar-refractivity contribution >= 4 is 17.4 Å². The number of amides is 1. The molecule has 0 radical (unpaired) electrons. The second-order valence-electron chi connectivity index (χ2n) is 8.87. The normalized spacial score (nSPS) is 15.5. The van der Waals surface area contributed by atoms with Gasteiger partial charge in [-0.05, 0) is 55.0 Å². The summed E-state index contributed by atoms with van der Waals surface area (Å²) in [5.41, 5.74) is -0.431. The highest BCUT2D eigenvalue weighted by Crippen LogP contribution is 2.42. The van der Waals surface area contributed by atoms with E-state index in [0.717, 1.165) is 24.3 Å². The summed E-state index contributed by atoms with van der Waals surface area (Å²) in [6.45, 7) is 1.21. The lowest BCUT2D eigenvalue weighted by molar-refractivity contribution is -0.137. The molecule has 3 aromatic rings. The van der Waals surface area contributed by atoms with E-state index in [0.29, 0.717) is 48.5 Å². The van der Waals surface area contributed by atoms with Crippen molar-refractivity contribution in [2.75, 3.05) is 33.3 Å². The van der Waals surface area contributed by atoms with Crippen molar-refractivity contribution in [3.63, 3.8) is 0 Å². The SMILES string of the molecule is COc1ccc2c(c1)C(N1CCCN(C(=O)c3cc(F)cc(F)c3)CC1)=Nc1cc(C(F)(F)F)ccc1O2. The number of ether oxygens (including phenoxy) is 2. The van der Waals surface area contributed by atoms with Gasteiger partial charge in [-0.1, -0.05) is 0 Å². The molecular weight excluding hydrogens is 509 g/mol. The summed E-state index contributed by atoms with van der Waals surface area (Å²) in [7, 11) is 1.49.